The zero-order valence-electron chi connectivity index (χ0n) is 10.4. The molecule has 0 saturated carbocycles. The second-order valence-corrected chi connectivity index (χ2v) is 4.21. The van der Waals surface area contributed by atoms with Crippen molar-refractivity contribution in [3.05, 3.63) is 42.0 Å². The third-order valence-corrected chi connectivity index (χ3v) is 2.77. The number of hydrogen-bond donors (Lipinski definition) is 0. The minimum absolute atomic E-state index is 0.330. The fraction of sp³-hybridized carbons (Fsp3) is 0.250. The van der Waals surface area contributed by atoms with Crippen LogP contribution in [0.3, 0.4) is 0 Å². The van der Waals surface area contributed by atoms with E-state index in [1.54, 1.807) is 0 Å². The molecule has 2 heteroatoms. The summed E-state index contributed by atoms with van der Waals surface area (Å²) in [6, 6.07) is 12.2. The Labute approximate surface area is 113 Å². The molecule has 0 saturated heterocycles. The summed E-state index contributed by atoms with van der Waals surface area (Å²) < 4.78 is 5.75. The Kier molecular flexibility index (Phi) is 4.50. The highest BCUT2D eigenvalue weighted by Crippen LogP contribution is 2.27. The molecule has 0 bridgehead atoms. The van der Waals surface area contributed by atoms with Gasteiger partial charge in [-0.1, -0.05) is 49.1 Å². The predicted molar refractivity (Wildman–Crippen MR) is 77.3 cm³/mol. The van der Waals surface area contributed by atoms with E-state index in [4.69, 9.17) is 16.3 Å². The molecule has 0 aliphatic heterocycles. The highest BCUT2D eigenvalue weighted by atomic mass is 35.5. The molecule has 0 N–H and O–H groups in total. The minimum Gasteiger partial charge on any atom is -0.492 e. The molecule has 18 heavy (non-hydrogen) atoms. The minimum atomic E-state index is 0.330. The van der Waals surface area contributed by atoms with Crippen LogP contribution < -0.4 is 4.74 Å². The van der Waals surface area contributed by atoms with Gasteiger partial charge in [0.05, 0.1) is 18.1 Å². The molecule has 0 atom stereocenters. The Balaban J connectivity index is 2.55. The zero-order valence-corrected chi connectivity index (χ0v) is 11.1. The van der Waals surface area contributed by atoms with E-state index in [1.807, 2.05) is 18.2 Å². The van der Waals surface area contributed by atoms with E-state index in [-0.39, 0.29) is 0 Å². The van der Waals surface area contributed by atoms with Crippen LogP contribution in [0.25, 0.3) is 10.8 Å². The summed E-state index contributed by atoms with van der Waals surface area (Å²) in [6.45, 7) is 2.79. The molecule has 2 aromatic carbocycles. The largest absolute Gasteiger partial charge is 0.492 e. The molecule has 1 nitrogen and oxygen atoms in total. The molecule has 0 amide bonds. The Morgan fingerprint density at radius 3 is 2.78 bits per heavy atom. The van der Waals surface area contributed by atoms with Crippen molar-refractivity contribution in [2.24, 2.45) is 0 Å². The van der Waals surface area contributed by atoms with Gasteiger partial charge in [0.1, 0.15) is 5.75 Å². The topological polar surface area (TPSA) is 9.23 Å². The lowest BCUT2D eigenvalue weighted by molar-refractivity contribution is 0.317. The van der Waals surface area contributed by atoms with Crippen molar-refractivity contribution in [2.75, 3.05) is 12.5 Å². The molecule has 2 rings (SSSR count). The first kappa shape index (κ1) is 12.8. The highest BCUT2D eigenvalue weighted by molar-refractivity contribution is 6.19. The first-order valence-corrected chi connectivity index (χ1v) is 6.59. The molecule has 0 unspecified atom stereocenters. The van der Waals surface area contributed by atoms with Gasteiger partial charge in [-0.2, -0.15) is 0 Å². The number of alkyl halides is 1. The molecular formula is C16H15ClO. The van der Waals surface area contributed by atoms with Gasteiger partial charge in [-0.05, 0) is 17.9 Å². The van der Waals surface area contributed by atoms with Crippen LogP contribution in [-0.4, -0.2) is 12.5 Å². The van der Waals surface area contributed by atoms with E-state index in [1.165, 1.54) is 5.39 Å². The van der Waals surface area contributed by atoms with Gasteiger partial charge in [0.2, 0.25) is 0 Å². The lowest BCUT2D eigenvalue weighted by Gasteiger charge is -2.09. The molecule has 0 spiro atoms. The zero-order chi connectivity index (χ0) is 12.8. The summed E-state index contributed by atoms with van der Waals surface area (Å²) in [5.41, 5.74) is 0.933. The van der Waals surface area contributed by atoms with Gasteiger partial charge in [-0.3, -0.25) is 0 Å². The molecule has 0 radical (unpaired) electrons. The first-order valence-electron chi connectivity index (χ1n) is 6.06. The van der Waals surface area contributed by atoms with Crippen LogP contribution in [0.15, 0.2) is 36.4 Å². The van der Waals surface area contributed by atoms with E-state index >= 15 is 0 Å². The molecule has 0 heterocycles. The number of benzene rings is 2. The van der Waals surface area contributed by atoms with Gasteiger partial charge in [-0.25, -0.2) is 0 Å². The van der Waals surface area contributed by atoms with Crippen molar-refractivity contribution < 1.29 is 4.74 Å². The molecule has 2 aromatic rings. The maximum Gasteiger partial charge on any atom is 0.135 e. The number of ether oxygens (including phenoxy) is 1. The van der Waals surface area contributed by atoms with Crippen molar-refractivity contribution in [2.45, 2.75) is 13.3 Å². The standard InChI is InChI=1S/C16H15ClO/c1-2-12-18-16-10-9-13-6-3-4-7-14(13)15(16)8-5-11-17/h3-4,6-7,9-10H,2,11-12H2,1H3. The monoisotopic (exact) mass is 258 g/mol. The smallest absolute Gasteiger partial charge is 0.135 e. The molecule has 0 aliphatic rings. The maximum absolute atomic E-state index is 5.75. The fourth-order valence-electron chi connectivity index (χ4n) is 1.83. The van der Waals surface area contributed by atoms with Crippen LogP contribution in [0, 0.1) is 11.8 Å². The van der Waals surface area contributed by atoms with Crippen molar-refractivity contribution in [3.63, 3.8) is 0 Å². The van der Waals surface area contributed by atoms with Gasteiger partial charge in [0, 0.05) is 5.39 Å². The van der Waals surface area contributed by atoms with Crippen molar-refractivity contribution in [3.8, 4) is 17.6 Å². The van der Waals surface area contributed by atoms with Crippen molar-refractivity contribution >= 4 is 22.4 Å². The van der Waals surface area contributed by atoms with Crippen LogP contribution in [-0.2, 0) is 0 Å². The predicted octanol–water partition coefficient (Wildman–Crippen LogP) is 4.22. The fourth-order valence-corrected chi connectivity index (χ4v) is 1.90. The van der Waals surface area contributed by atoms with E-state index in [9.17, 15) is 0 Å². The summed E-state index contributed by atoms with van der Waals surface area (Å²) in [5, 5.41) is 2.28. The molecule has 0 fully saturated rings. The second-order valence-electron chi connectivity index (χ2n) is 3.94. The van der Waals surface area contributed by atoms with Crippen LogP contribution in [0.2, 0.25) is 0 Å². The number of rotatable bonds is 3. The normalized spacial score (nSPS) is 9.89. The third kappa shape index (κ3) is 2.78. The Morgan fingerprint density at radius 1 is 1.17 bits per heavy atom. The third-order valence-electron chi connectivity index (χ3n) is 2.63. The highest BCUT2D eigenvalue weighted by Gasteiger charge is 2.06. The Bertz CT molecular complexity index is 593. The average Bonchev–Trinajstić information content (AvgIpc) is 2.43. The van der Waals surface area contributed by atoms with Crippen molar-refractivity contribution in [1.82, 2.24) is 0 Å². The summed E-state index contributed by atoms with van der Waals surface area (Å²) in [6.07, 6.45) is 0.981. The first-order chi connectivity index (χ1) is 8.86. The summed E-state index contributed by atoms with van der Waals surface area (Å²) in [5.74, 6) is 7.19. The van der Waals surface area contributed by atoms with E-state index in [0.29, 0.717) is 12.5 Å². The van der Waals surface area contributed by atoms with Gasteiger partial charge >= 0.3 is 0 Å². The summed E-state index contributed by atoms with van der Waals surface area (Å²) >= 11 is 5.64. The SMILES string of the molecule is CCCOc1ccc2ccccc2c1C#CCCl. The van der Waals surface area contributed by atoms with Crippen molar-refractivity contribution in [1.29, 1.82) is 0 Å². The van der Waals surface area contributed by atoms with Crippen LogP contribution in [0.4, 0.5) is 0 Å². The van der Waals surface area contributed by atoms with E-state index < -0.39 is 0 Å². The van der Waals surface area contributed by atoms with Crippen LogP contribution in [0.5, 0.6) is 5.75 Å². The van der Waals surface area contributed by atoms with Gasteiger partial charge in [-0.15, -0.1) is 11.6 Å². The van der Waals surface area contributed by atoms with Gasteiger partial charge in [0.25, 0.3) is 0 Å². The second kappa shape index (κ2) is 6.33. The van der Waals surface area contributed by atoms with Crippen LogP contribution >= 0.6 is 11.6 Å². The maximum atomic E-state index is 5.75. The molecule has 92 valence electrons. The number of halogens is 1. The van der Waals surface area contributed by atoms with Crippen LogP contribution in [0.1, 0.15) is 18.9 Å². The molecular weight excluding hydrogens is 244 g/mol. The number of fused-ring (bicyclic) bond motifs is 1. The van der Waals surface area contributed by atoms with E-state index in [2.05, 4.69) is 37.0 Å². The molecule has 0 aromatic heterocycles. The van der Waals surface area contributed by atoms with Gasteiger partial charge in [0.15, 0.2) is 0 Å². The summed E-state index contributed by atoms with van der Waals surface area (Å²) in [7, 11) is 0. The lowest BCUT2D eigenvalue weighted by atomic mass is 10.0. The number of hydrogen-bond acceptors (Lipinski definition) is 1. The lowest BCUT2D eigenvalue weighted by Crippen LogP contribution is -1.97. The average molecular weight is 259 g/mol. The summed E-state index contributed by atoms with van der Waals surface area (Å²) in [4.78, 5) is 0. The quantitative estimate of drug-likeness (QED) is 0.592. The van der Waals surface area contributed by atoms with Gasteiger partial charge < -0.3 is 4.74 Å². The van der Waals surface area contributed by atoms with E-state index in [0.717, 1.165) is 23.1 Å². The molecule has 0 aliphatic carbocycles. The Morgan fingerprint density at radius 2 is 2.00 bits per heavy atom. The Hall–Kier alpha value is -1.65.